The van der Waals surface area contributed by atoms with Crippen LogP contribution in [-0.2, 0) is 0 Å². The van der Waals surface area contributed by atoms with Gasteiger partial charge in [0.1, 0.15) is 12.6 Å². The first kappa shape index (κ1) is 15.5. The fourth-order valence-electron chi connectivity index (χ4n) is 2.53. The van der Waals surface area contributed by atoms with Crippen molar-refractivity contribution in [2.45, 2.75) is 0 Å². The molecule has 0 saturated heterocycles. The molecule has 0 spiro atoms. The molecular weight excluding hydrogens is 304 g/mol. The van der Waals surface area contributed by atoms with Crippen LogP contribution in [0.5, 0.6) is 11.5 Å². The number of hydrogen-bond acceptors (Lipinski definition) is 4. The second-order valence-electron chi connectivity index (χ2n) is 5.34. The van der Waals surface area contributed by atoms with Gasteiger partial charge in [0, 0.05) is 22.3 Å². The first-order valence-electron chi connectivity index (χ1n) is 7.30. The van der Waals surface area contributed by atoms with Crippen molar-refractivity contribution in [3.05, 3.63) is 71.8 Å². The molecule has 3 rings (SSSR count). The highest BCUT2D eigenvalue weighted by Crippen LogP contribution is 2.43. The van der Waals surface area contributed by atoms with Crippen LogP contribution >= 0.6 is 0 Å². The van der Waals surface area contributed by atoms with Crippen LogP contribution in [0.2, 0.25) is 0 Å². The third kappa shape index (κ3) is 2.77. The lowest BCUT2D eigenvalue weighted by molar-refractivity contribution is 0.111. The summed E-state index contributed by atoms with van der Waals surface area (Å²) in [5.74, 6) is -0.461. The molecule has 3 aromatic rings. The van der Waals surface area contributed by atoms with Crippen LogP contribution in [0.25, 0.3) is 22.3 Å². The molecule has 24 heavy (non-hydrogen) atoms. The maximum Gasteiger partial charge on any atom is 0.166 e. The van der Waals surface area contributed by atoms with Crippen molar-refractivity contribution in [3.63, 3.8) is 0 Å². The molecule has 0 aliphatic rings. The van der Waals surface area contributed by atoms with Gasteiger partial charge in [-0.05, 0) is 23.3 Å². The summed E-state index contributed by atoms with van der Waals surface area (Å²) in [4.78, 5) is 21.4. The first-order chi connectivity index (χ1) is 11.6. The topological polar surface area (TPSA) is 74.6 Å². The highest BCUT2D eigenvalue weighted by molar-refractivity contribution is 5.84. The van der Waals surface area contributed by atoms with Crippen molar-refractivity contribution in [2.75, 3.05) is 0 Å². The lowest BCUT2D eigenvalue weighted by Crippen LogP contribution is -1.86. The van der Waals surface area contributed by atoms with E-state index in [1.54, 1.807) is 60.7 Å². The number of rotatable bonds is 4. The lowest BCUT2D eigenvalue weighted by Gasteiger charge is -2.11. The summed E-state index contributed by atoms with van der Waals surface area (Å²) in [5, 5.41) is 20.7. The van der Waals surface area contributed by atoms with E-state index in [0.29, 0.717) is 33.4 Å². The minimum absolute atomic E-state index is 0.231. The second kappa shape index (κ2) is 6.38. The Kier molecular flexibility index (Phi) is 4.12. The van der Waals surface area contributed by atoms with Crippen molar-refractivity contribution in [2.24, 2.45) is 0 Å². The zero-order valence-corrected chi connectivity index (χ0v) is 12.6. The van der Waals surface area contributed by atoms with Gasteiger partial charge in [-0.3, -0.25) is 9.59 Å². The van der Waals surface area contributed by atoms with Crippen LogP contribution in [0.4, 0.5) is 0 Å². The summed E-state index contributed by atoms with van der Waals surface area (Å²) in [6.07, 6.45) is 1.49. The van der Waals surface area contributed by atoms with Gasteiger partial charge < -0.3 is 10.2 Å². The van der Waals surface area contributed by atoms with E-state index in [0.717, 1.165) is 12.6 Å². The van der Waals surface area contributed by atoms with Crippen LogP contribution in [0.1, 0.15) is 20.7 Å². The van der Waals surface area contributed by atoms with Crippen molar-refractivity contribution in [1.82, 2.24) is 0 Å². The summed E-state index contributed by atoms with van der Waals surface area (Å²) in [5.41, 5.74) is 3.40. The molecule has 3 aromatic carbocycles. The van der Waals surface area contributed by atoms with E-state index in [-0.39, 0.29) is 11.5 Å². The molecule has 0 aromatic heterocycles. The maximum atomic E-state index is 10.7. The molecule has 4 nitrogen and oxygen atoms in total. The zero-order valence-electron chi connectivity index (χ0n) is 12.6. The van der Waals surface area contributed by atoms with Gasteiger partial charge >= 0.3 is 0 Å². The molecule has 0 aliphatic carbocycles. The Labute approximate surface area is 138 Å². The maximum absolute atomic E-state index is 10.7. The Balaban J connectivity index is 2.04. The van der Waals surface area contributed by atoms with E-state index in [9.17, 15) is 19.8 Å². The summed E-state index contributed by atoms with van der Waals surface area (Å²) < 4.78 is 0. The highest BCUT2D eigenvalue weighted by atomic mass is 16.3. The molecule has 0 fully saturated rings. The van der Waals surface area contributed by atoms with Crippen molar-refractivity contribution < 1.29 is 19.8 Å². The number of phenolic OH excluding ortho intramolecular Hbond substituents is 2. The van der Waals surface area contributed by atoms with E-state index in [4.69, 9.17) is 0 Å². The zero-order chi connectivity index (χ0) is 17.1. The van der Waals surface area contributed by atoms with Crippen molar-refractivity contribution >= 4 is 12.6 Å². The average Bonchev–Trinajstić information content (AvgIpc) is 2.64. The molecule has 0 amide bonds. The molecule has 0 aliphatic heterocycles. The minimum atomic E-state index is -0.231. The molecule has 0 saturated carbocycles. The normalized spacial score (nSPS) is 10.3. The Hall–Kier alpha value is -3.40. The SMILES string of the molecule is O=Cc1ccc(-c2ccc(-c3ccc(C=O)cc3)c(O)c2O)cc1. The summed E-state index contributed by atoms with van der Waals surface area (Å²) in [6.45, 7) is 0. The Bertz CT molecular complexity index is 818. The Morgan fingerprint density at radius 1 is 0.542 bits per heavy atom. The van der Waals surface area contributed by atoms with Crippen LogP contribution in [0.3, 0.4) is 0 Å². The number of aromatic hydroxyl groups is 2. The summed E-state index contributed by atoms with van der Waals surface area (Å²) in [7, 11) is 0. The van der Waals surface area contributed by atoms with Crippen molar-refractivity contribution in [3.8, 4) is 33.8 Å². The van der Waals surface area contributed by atoms with E-state index >= 15 is 0 Å². The van der Waals surface area contributed by atoms with Crippen molar-refractivity contribution in [1.29, 1.82) is 0 Å². The predicted octanol–water partition coefficient (Wildman–Crippen LogP) is 4.06. The van der Waals surface area contributed by atoms with Crippen LogP contribution in [0.15, 0.2) is 60.7 Å². The minimum Gasteiger partial charge on any atom is -0.504 e. The molecule has 0 unspecified atom stereocenters. The monoisotopic (exact) mass is 318 g/mol. The molecule has 0 bridgehead atoms. The van der Waals surface area contributed by atoms with Gasteiger partial charge in [0.15, 0.2) is 11.5 Å². The number of hydrogen-bond donors (Lipinski definition) is 2. The van der Waals surface area contributed by atoms with Crippen LogP contribution < -0.4 is 0 Å². The number of carbonyl (C=O) groups excluding carboxylic acids is 2. The summed E-state index contributed by atoms with van der Waals surface area (Å²) >= 11 is 0. The smallest absolute Gasteiger partial charge is 0.166 e. The van der Waals surface area contributed by atoms with Gasteiger partial charge in [-0.1, -0.05) is 48.5 Å². The largest absolute Gasteiger partial charge is 0.504 e. The number of benzene rings is 3. The van der Waals surface area contributed by atoms with Gasteiger partial charge in [0.25, 0.3) is 0 Å². The molecule has 0 radical (unpaired) electrons. The van der Waals surface area contributed by atoms with E-state index in [2.05, 4.69) is 0 Å². The molecule has 0 heterocycles. The standard InChI is InChI=1S/C20H14O4/c21-11-13-1-5-15(6-2-13)17-9-10-18(20(24)19(17)23)16-7-3-14(12-22)4-8-16/h1-12,23-24H. The second-order valence-corrected chi connectivity index (χ2v) is 5.34. The van der Waals surface area contributed by atoms with Crippen LogP contribution in [0, 0.1) is 0 Å². The number of carbonyl (C=O) groups is 2. The number of aldehydes is 2. The fraction of sp³-hybridized carbons (Fsp3) is 0. The first-order valence-corrected chi connectivity index (χ1v) is 7.30. The van der Waals surface area contributed by atoms with Crippen LogP contribution in [-0.4, -0.2) is 22.8 Å². The van der Waals surface area contributed by atoms with E-state index < -0.39 is 0 Å². The molecule has 4 heteroatoms. The Morgan fingerprint density at radius 3 is 1.17 bits per heavy atom. The fourth-order valence-corrected chi connectivity index (χ4v) is 2.53. The lowest BCUT2D eigenvalue weighted by atomic mass is 9.97. The van der Waals surface area contributed by atoms with Gasteiger partial charge in [0.2, 0.25) is 0 Å². The quantitative estimate of drug-likeness (QED) is 0.562. The summed E-state index contributed by atoms with van der Waals surface area (Å²) in [6, 6.07) is 16.8. The Morgan fingerprint density at radius 2 is 0.875 bits per heavy atom. The van der Waals surface area contributed by atoms with E-state index in [1.165, 1.54) is 0 Å². The third-order valence-corrected chi connectivity index (χ3v) is 3.87. The highest BCUT2D eigenvalue weighted by Gasteiger charge is 2.14. The van der Waals surface area contributed by atoms with Gasteiger partial charge in [0.05, 0.1) is 0 Å². The molecule has 2 N–H and O–H groups in total. The average molecular weight is 318 g/mol. The third-order valence-electron chi connectivity index (χ3n) is 3.87. The predicted molar refractivity (Wildman–Crippen MR) is 91.4 cm³/mol. The molecule has 0 atom stereocenters. The van der Waals surface area contributed by atoms with Gasteiger partial charge in [-0.2, -0.15) is 0 Å². The van der Waals surface area contributed by atoms with Gasteiger partial charge in [-0.15, -0.1) is 0 Å². The van der Waals surface area contributed by atoms with Gasteiger partial charge in [-0.25, -0.2) is 0 Å². The molecule has 118 valence electrons. The molecular formula is C20H14O4. The number of phenols is 2. The van der Waals surface area contributed by atoms with E-state index in [1.807, 2.05) is 0 Å².